The summed E-state index contributed by atoms with van der Waals surface area (Å²) in [4.78, 5) is 35.5. The van der Waals surface area contributed by atoms with Crippen molar-refractivity contribution in [3.63, 3.8) is 0 Å². The van der Waals surface area contributed by atoms with Crippen molar-refractivity contribution in [1.29, 1.82) is 5.26 Å². The van der Waals surface area contributed by atoms with Gasteiger partial charge in [0.1, 0.15) is 23.0 Å². The van der Waals surface area contributed by atoms with E-state index in [9.17, 15) is 19.6 Å². The largest absolute Gasteiger partial charge is 0.452 e. The van der Waals surface area contributed by atoms with E-state index in [1.807, 2.05) is 13.0 Å². The summed E-state index contributed by atoms with van der Waals surface area (Å²) < 4.78 is 12.0. The van der Waals surface area contributed by atoms with Gasteiger partial charge in [-0.1, -0.05) is 13.3 Å². The Morgan fingerprint density at radius 2 is 2.00 bits per heavy atom. The Kier molecular flexibility index (Phi) is 6.77. The van der Waals surface area contributed by atoms with Gasteiger partial charge in [0.2, 0.25) is 5.88 Å². The molecule has 0 bridgehead atoms. The topological polar surface area (TPSA) is 126 Å². The number of hydrogen-bond donors (Lipinski definition) is 2. The number of esters is 1. The number of unbranched alkanes of at least 4 members (excludes halogenated alkanes) is 1. The van der Waals surface area contributed by atoms with Crippen LogP contribution in [-0.4, -0.2) is 35.6 Å². The van der Waals surface area contributed by atoms with Crippen molar-refractivity contribution in [1.82, 2.24) is 15.2 Å². The summed E-state index contributed by atoms with van der Waals surface area (Å²) in [5.74, 6) is -1.28. The van der Waals surface area contributed by atoms with E-state index < -0.39 is 24.5 Å². The van der Waals surface area contributed by atoms with Crippen LogP contribution in [0.5, 0.6) is 0 Å². The molecule has 2 aromatic rings. The van der Waals surface area contributed by atoms with Crippen LogP contribution >= 0.6 is 0 Å². The predicted molar refractivity (Wildman–Crippen MR) is 94.2 cm³/mol. The molecule has 2 heterocycles. The van der Waals surface area contributed by atoms with E-state index in [0.29, 0.717) is 6.54 Å². The zero-order chi connectivity index (χ0) is 19.8. The number of ether oxygens (including phenoxy) is 1. The average Bonchev–Trinajstić information content (AvgIpc) is 3.27. The standard InChI is InChI=1S/C18H20N4O5/c1-3-4-7-20-18(25)21-14(23)11-26-17(24)15-12(2)27-16(13(15)10-19)22-8-5-6-9-22/h5-6,8-9H,3-4,7,11H2,1-2H3,(H2,20,21,23,25). The van der Waals surface area contributed by atoms with Crippen LogP contribution in [0.2, 0.25) is 0 Å². The van der Waals surface area contributed by atoms with Crippen LogP contribution in [0.1, 0.15) is 41.4 Å². The molecule has 0 aliphatic carbocycles. The number of carbonyl (C=O) groups is 3. The highest BCUT2D eigenvalue weighted by molar-refractivity contribution is 5.98. The average molecular weight is 372 g/mol. The zero-order valence-corrected chi connectivity index (χ0v) is 15.1. The molecule has 9 nitrogen and oxygen atoms in total. The lowest BCUT2D eigenvalue weighted by molar-refractivity contribution is -0.123. The number of carbonyl (C=O) groups excluding carboxylic acids is 3. The molecule has 9 heteroatoms. The summed E-state index contributed by atoms with van der Waals surface area (Å²) in [5.41, 5.74) is -0.0483. The van der Waals surface area contributed by atoms with Gasteiger partial charge in [-0.2, -0.15) is 5.26 Å². The molecule has 0 spiro atoms. The lowest BCUT2D eigenvalue weighted by Gasteiger charge is -2.07. The number of aryl methyl sites for hydroxylation is 1. The first-order valence-corrected chi connectivity index (χ1v) is 8.39. The Balaban J connectivity index is 1.99. The van der Waals surface area contributed by atoms with E-state index in [1.54, 1.807) is 29.1 Å². The van der Waals surface area contributed by atoms with Gasteiger partial charge >= 0.3 is 12.0 Å². The molecule has 0 radical (unpaired) electrons. The maximum atomic E-state index is 12.3. The molecule has 0 aliphatic heterocycles. The first-order valence-electron chi connectivity index (χ1n) is 8.39. The van der Waals surface area contributed by atoms with Gasteiger partial charge in [-0.05, 0) is 25.5 Å². The third-order valence-electron chi connectivity index (χ3n) is 3.62. The fourth-order valence-corrected chi connectivity index (χ4v) is 2.32. The summed E-state index contributed by atoms with van der Waals surface area (Å²) in [7, 11) is 0. The Morgan fingerprint density at radius 1 is 1.30 bits per heavy atom. The van der Waals surface area contributed by atoms with Crippen molar-refractivity contribution >= 4 is 17.9 Å². The van der Waals surface area contributed by atoms with E-state index in [1.165, 1.54) is 6.92 Å². The number of aromatic nitrogens is 1. The van der Waals surface area contributed by atoms with Gasteiger partial charge in [-0.3, -0.25) is 14.7 Å². The highest BCUT2D eigenvalue weighted by Gasteiger charge is 2.26. The van der Waals surface area contributed by atoms with Crippen molar-refractivity contribution < 1.29 is 23.5 Å². The maximum Gasteiger partial charge on any atom is 0.343 e. The van der Waals surface area contributed by atoms with E-state index in [4.69, 9.17) is 9.15 Å². The van der Waals surface area contributed by atoms with Gasteiger partial charge < -0.3 is 14.5 Å². The normalized spacial score (nSPS) is 10.1. The number of nitrogens with one attached hydrogen (secondary N) is 2. The van der Waals surface area contributed by atoms with Crippen molar-refractivity contribution in [2.75, 3.05) is 13.2 Å². The monoisotopic (exact) mass is 372 g/mol. The molecular weight excluding hydrogens is 352 g/mol. The van der Waals surface area contributed by atoms with Crippen LogP contribution in [0.4, 0.5) is 4.79 Å². The second-order valence-corrected chi connectivity index (χ2v) is 5.65. The molecule has 2 rings (SSSR count). The van der Waals surface area contributed by atoms with Crippen molar-refractivity contribution in [3.8, 4) is 12.0 Å². The van der Waals surface area contributed by atoms with Crippen LogP contribution < -0.4 is 10.6 Å². The van der Waals surface area contributed by atoms with Gasteiger partial charge in [-0.25, -0.2) is 9.59 Å². The minimum Gasteiger partial charge on any atom is -0.452 e. The third-order valence-corrected chi connectivity index (χ3v) is 3.62. The molecule has 27 heavy (non-hydrogen) atoms. The molecule has 3 amide bonds. The van der Waals surface area contributed by atoms with Crippen LogP contribution in [0.15, 0.2) is 28.9 Å². The van der Waals surface area contributed by atoms with E-state index >= 15 is 0 Å². The Morgan fingerprint density at radius 3 is 2.63 bits per heavy atom. The van der Waals surface area contributed by atoms with Gasteiger partial charge in [0, 0.05) is 18.9 Å². The lowest BCUT2D eigenvalue weighted by Crippen LogP contribution is -2.41. The molecule has 0 saturated carbocycles. The van der Waals surface area contributed by atoms with Gasteiger partial charge in [0.15, 0.2) is 6.61 Å². The Hall–Kier alpha value is -3.54. The van der Waals surface area contributed by atoms with Crippen molar-refractivity contribution in [2.24, 2.45) is 0 Å². The zero-order valence-electron chi connectivity index (χ0n) is 15.1. The maximum absolute atomic E-state index is 12.3. The van der Waals surface area contributed by atoms with E-state index in [2.05, 4.69) is 10.6 Å². The molecule has 0 aromatic carbocycles. The van der Waals surface area contributed by atoms with Crippen LogP contribution in [0.25, 0.3) is 5.88 Å². The van der Waals surface area contributed by atoms with Gasteiger partial charge in [0.25, 0.3) is 5.91 Å². The molecule has 2 N–H and O–H groups in total. The first-order chi connectivity index (χ1) is 13.0. The molecule has 0 atom stereocenters. The van der Waals surface area contributed by atoms with E-state index in [0.717, 1.165) is 12.8 Å². The summed E-state index contributed by atoms with van der Waals surface area (Å²) in [6.45, 7) is 3.27. The molecule has 0 saturated heterocycles. The molecular formula is C18H20N4O5. The van der Waals surface area contributed by atoms with Crippen LogP contribution in [0.3, 0.4) is 0 Å². The highest BCUT2D eigenvalue weighted by atomic mass is 16.5. The highest BCUT2D eigenvalue weighted by Crippen LogP contribution is 2.26. The Labute approximate surface area is 155 Å². The summed E-state index contributed by atoms with van der Waals surface area (Å²) in [5, 5.41) is 14.0. The van der Waals surface area contributed by atoms with Crippen LogP contribution in [-0.2, 0) is 9.53 Å². The number of furan rings is 1. The van der Waals surface area contributed by atoms with Gasteiger partial charge in [0.05, 0.1) is 0 Å². The lowest BCUT2D eigenvalue weighted by atomic mass is 10.1. The van der Waals surface area contributed by atoms with E-state index in [-0.39, 0.29) is 22.8 Å². The molecule has 0 aliphatic rings. The van der Waals surface area contributed by atoms with Crippen LogP contribution in [0, 0.1) is 18.3 Å². The second-order valence-electron chi connectivity index (χ2n) is 5.65. The fraction of sp³-hybridized carbons (Fsp3) is 0.333. The van der Waals surface area contributed by atoms with Crippen molar-refractivity contribution in [3.05, 3.63) is 41.4 Å². The van der Waals surface area contributed by atoms with Crippen molar-refractivity contribution in [2.45, 2.75) is 26.7 Å². The third kappa shape index (κ3) is 4.98. The smallest absolute Gasteiger partial charge is 0.343 e. The predicted octanol–water partition coefficient (Wildman–Crippen LogP) is 2.03. The SMILES string of the molecule is CCCCNC(=O)NC(=O)COC(=O)c1c(C)oc(-n2cccc2)c1C#N. The first kappa shape index (κ1) is 19.8. The summed E-state index contributed by atoms with van der Waals surface area (Å²) >= 11 is 0. The number of nitriles is 1. The minimum atomic E-state index is -0.882. The number of rotatable bonds is 7. The molecule has 142 valence electrons. The molecule has 0 fully saturated rings. The quantitative estimate of drug-likeness (QED) is 0.566. The van der Waals surface area contributed by atoms with Gasteiger partial charge in [-0.15, -0.1) is 0 Å². The molecule has 2 aromatic heterocycles. The number of imide groups is 1. The number of hydrogen-bond acceptors (Lipinski definition) is 6. The molecule has 0 unspecified atom stereocenters. The number of urea groups is 1. The fourth-order valence-electron chi connectivity index (χ4n) is 2.32. The Bertz CT molecular complexity index is 861. The second kappa shape index (κ2) is 9.24. The number of nitrogens with zero attached hydrogens (tertiary/aromatic N) is 2. The number of amides is 3. The summed E-state index contributed by atoms with van der Waals surface area (Å²) in [6.07, 6.45) is 5.02. The summed E-state index contributed by atoms with van der Waals surface area (Å²) in [6, 6.07) is 4.75. The minimum absolute atomic E-state index is 0.00594.